The summed E-state index contributed by atoms with van der Waals surface area (Å²) in [7, 11) is 4.79. The van der Waals surface area contributed by atoms with Crippen molar-refractivity contribution >= 4 is 24.0 Å². The van der Waals surface area contributed by atoms with E-state index in [2.05, 4.69) is 6.92 Å². The first-order chi connectivity index (χ1) is 17.1. The topological polar surface area (TPSA) is 54.0 Å². The van der Waals surface area contributed by atoms with Gasteiger partial charge in [0.05, 0.1) is 27.9 Å². The van der Waals surface area contributed by atoms with E-state index in [1.807, 2.05) is 42.5 Å². The SMILES string of the molecule is CCCCOc1ccc(/C=C/c2cc(OC)cc(OC)c2/C=C/C(=O)c2cccc(OC)c2)cc1. The second-order valence-electron chi connectivity index (χ2n) is 7.87. The van der Waals surface area contributed by atoms with E-state index in [1.54, 1.807) is 63.8 Å². The highest BCUT2D eigenvalue weighted by atomic mass is 16.5. The van der Waals surface area contributed by atoms with E-state index in [4.69, 9.17) is 18.9 Å². The fourth-order valence-electron chi connectivity index (χ4n) is 3.45. The number of benzene rings is 3. The molecule has 3 aromatic rings. The molecule has 0 unspecified atom stereocenters. The van der Waals surface area contributed by atoms with Crippen molar-refractivity contribution in [3.8, 4) is 23.0 Å². The fraction of sp³-hybridized carbons (Fsp3) is 0.233. The molecule has 0 radical (unpaired) electrons. The number of carbonyl (C=O) groups is 1. The van der Waals surface area contributed by atoms with Crippen LogP contribution >= 0.6 is 0 Å². The van der Waals surface area contributed by atoms with Crippen LogP contribution in [0.25, 0.3) is 18.2 Å². The van der Waals surface area contributed by atoms with Gasteiger partial charge in [-0.1, -0.05) is 49.8 Å². The van der Waals surface area contributed by atoms with Gasteiger partial charge in [-0.05, 0) is 60.0 Å². The van der Waals surface area contributed by atoms with Crippen molar-refractivity contribution in [1.82, 2.24) is 0 Å². The summed E-state index contributed by atoms with van der Waals surface area (Å²) in [5, 5.41) is 0. The third kappa shape index (κ3) is 7.24. The summed E-state index contributed by atoms with van der Waals surface area (Å²) in [5.41, 5.74) is 3.21. The highest BCUT2D eigenvalue weighted by Gasteiger charge is 2.10. The lowest BCUT2D eigenvalue weighted by molar-refractivity contribution is 0.104. The van der Waals surface area contributed by atoms with Crippen LogP contribution in [0.2, 0.25) is 0 Å². The molecule has 0 heterocycles. The summed E-state index contributed by atoms with van der Waals surface area (Å²) in [5.74, 6) is 2.64. The maximum absolute atomic E-state index is 12.8. The van der Waals surface area contributed by atoms with E-state index < -0.39 is 0 Å². The molecule has 0 N–H and O–H groups in total. The summed E-state index contributed by atoms with van der Waals surface area (Å²) < 4.78 is 22.0. The first-order valence-electron chi connectivity index (χ1n) is 11.6. The van der Waals surface area contributed by atoms with E-state index in [0.717, 1.165) is 41.9 Å². The van der Waals surface area contributed by atoms with E-state index in [9.17, 15) is 4.79 Å². The highest BCUT2D eigenvalue weighted by molar-refractivity contribution is 6.07. The van der Waals surface area contributed by atoms with Gasteiger partial charge in [0.15, 0.2) is 5.78 Å². The van der Waals surface area contributed by atoms with Gasteiger partial charge < -0.3 is 18.9 Å². The normalized spacial score (nSPS) is 11.1. The lowest BCUT2D eigenvalue weighted by Crippen LogP contribution is -1.97. The van der Waals surface area contributed by atoms with Crippen molar-refractivity contribution in [2.45, 2.75) is 19.8 Å². The Morgan fingerprint density at radius 2 is 1.57 bits per heavy atom. The Labute approximate surface area is 207 Å². The largest absolute Gasteiger partial charge is 0.497 e. The molecule has 5 heteroatoms. The number of rotatable bonds is 12. The molecular weight excluding hydrogens is 440 g/mol. The van der Waals surface area contributed by atoms with Gasteiger partial charge in [0.2, 0.25) is 0 Å². The Hall–Kier alpha value is -3.99. The van der Waals surface area contributed by atoms with Crippen LogP contribution in [0.4, 0.5) is 0 Å². The molecule has 0 fully saturated rings. The van der Waals surface area contributed by atoms with Gasteiger partial charge in [0.1, 0.15) is 23.0 Å². The number of ether oxygens (including phenoxy) is 4. The van der Waals surface area contributed by atoms with Crippen molar-refractivity contribution in [3.05, 3.63) is 89.0 Å². The predicted molar refractivity (Wildman–Crippen MR) is 142 cm³/mol. The molecule has 3 aromatic carbocycles. The molecule has 0 aromatic heterocycles. The lowest BCUT2D eigenvalue weighted by Gasteiger charge is -2.12. The minimum absolute atomic E-state index is 0.129. The lowest BCUT2D eigenvalue weighted by atomic mass is 10.0. The minimum atomic E-state index is -0.129. The zero-order valence-corrected chi connectivity index (χ0v) is 20.7. The molecule has 0 saturated carbocycles. The van der Waals surface area contributed by atoms with Gasteiger partial charge in [-0.25, -0.2) is 0 Å². The zero-order valence-electron chi connectivity index (χ0n) is 20.7. The smallest absolute Gasteiger partial charge is 0.185 e. The fourth-order valence-corrected chi connectivity index (χ4v) is 3.45. The van der Waals surface area contributed by atoms with Gasteiger partial charge in [0.25, 0.3) is 0 Å². The van der Waals surface area contributed by atoms with Gasteiger partial charge in [0, 0.05) is 17.2 Å². The Bertz CT molecular complexity index is 1180. The Morgan fingerprint density at radius 3 is 2.26 bits per heavy atom. The van der Waals surface area contributed by atoms with E-state index >= 15 is 0 Å². The number of hydrogen-bond acceptors (Lipinski definition) is 5. The van der Waals surface area contributed by atoms with Crippen LogP contribution < -0.4 is 18.9 Å². The molecule has 0 aliphatic carbocycles. The van der Waals surface area contributed by atoms with Gasteiger partial charge in [-0.3, -0.25) is 4.79 Å². The molecule has 182 valence electrons. The number of hydrogen-bond donors (Lipinski definition) is 0. The Morgan fingerprint density at radius 1 is 0.800 bits per heavy atom. The van der Waals surface area contributed by atoms with Crippen LogP contribution in [0.1, 0.15) is 46.8 Å². The molecule has 5 nitrogen and oxygen atoms in total. The van der Waals surface area contributed by atoms with Crippen LogP contribution in [-0.4, -0.2) is 33.7 Å². The molecule has 0 aliphatic rings. The summed E-state index contributed by atoms with van der Waals surface area (Å²) in [6.07, 6.45) is 9.44. The minimum Gasteiger partial charge on any atom is -0.497 e. The second-order valence-corrected chi connectivity index (χ2v) is 7.87. The Kier molecular flexibility index (Phi) is 9.55. The van der Waals surface area contributed by atoms with E-state index in [0.29, 0.717) is 22.8 Å². The quantitative estimate of drug-likeness (QED) is 0.123. The molecule has 0 amide bonds. The van der Waals surface area contributed by atoms with Crippen molar-refractivity contribution in [1.29, 1.82) is 0 Å². The molecule has 35 heavy (non-hydrogen) atoms. The van der Waals surface area contributed by atoms with Crippen LogP contribution in [0.5, 0.6) is 23.0 Å². The summed E-state index contributed by atoms with van der Waals surface area (Å²) in [4.78, 5) is 12.8. The molecule has 0 atom stereocenters. The van der Waals surface area contributed by atoms with E-state index in [-0.39, 0.29) is 5.78 Å². The molecule has 3 rings (SSSR count). The van der Waals surface area contributed by atoms with Crippen LogP contribution in [0.3, 0.4) is 0 Å². The average Bonchev–Trinajstić information content (AvgIpc) is 2.91. The predicted octanol–water partition coefficient (Wildman–Crippen LogP) is 6.96. The summed E-state index contributed by atoms with van der Waals surface area (Å²) in [6, 6.07) is 18.7. The van der Waals surface area contributed by atoms with Crippen LogP contribution in [0, 0.1) is 0 Å². The maximum atomic E-state index is 12.8. The second kappa shape index (κ2) is 13.0. The molecule has 0 saturated heterocycles. The Balaban J connectivity index is 1.88. The molecule has 0 spiro atoms. The third-order valence-corrected chi connectivity index (χ3v) is 5.46. The summed E-state index contributed by atoms with van der Waals surface area (Å²) in [6.45, 7) is 2.86. The van der Waals surface area contributed by atoms with Crippen molar-refractivity contribution in [3.63, 3.8) is 0 Å². The molecule has 0 aliphatic heterocycles. The van der Waals surface area contributed by atoms with Gasteiger partial charge in [-0.2, -0.15) is 0 Å². The average molecular weight is 473 g/mol. The number of unbranched alkanes of at least 4 members (excludes halogenated alkanes) is 1. The van der Waals surface area contributed by atoms with Crippen LogP contribution in [0.15, 0.2) is 66.7 Å². The number of allylic oxidation sites excluding steroid dienone is 1. The maximum Gasteiger partial charge on any atom is 0.185 e. The van der Waals surface area contributed by atoms with E-state index in [1.165, 1.54) is 0 Å². The van der Waals surface area contributed by atoms with Crippen molar-refractivity contribution in [2.75, 3.05) is 27.9 Å². The number of carbonyl (C=O) groups excluding carboxylic acids is 1. The number of ketones is 1. The molecular formula is C30H32O5. The van der Waals surface area contributed by atoms with Crippen molar-refractivity contribution in [2.24, 2.45) is 0 Å². The monoisotopic (exact) mass is 472 g/mol. The van der Waals surface area contributed by atoms with Crippen molar-refractivity contribution < 1.29 is 23.7 Å². The van der Waals surface area contributed by atoms with Gasteiger partial charge >= 0.3 is 0 Å². The first kappa shape index (κ1) is 25.6. The highest BCUT2D eigenvalue weighted by Crippen LogP contribution is 2.31. The number of methoxy groups -OCH3 is 3. The first-order valence-corrected chi connectivity index (χ1v) is 11.6. The standard InChI is InChI=1S/C30H32O5/c1-5-6-18-35-25-14-11-22(12-15-25)10-13-23-19-27(33-3)21-30(34-4)28(23)16-17-29(31)24-8-7-9-26(20-24)32-2/h7-17,19-21H,5-6,18H2,1-4H3/b13-10+,17-16+. The summed E-state index contributed by atoms with van der Waals surface area (Å²) >= 11 is 0. The van der Waals surface area contributed by atoms with Crippen LogP contribution in [-0.2, 0) is 0 Å². The molecule has 0 bridgehead atoms. The van der Waals surface area contributed by atoms with Gasteiger partial charge in [-0.15, -0.1) is 0 Å². The third-order valence-electron chi connectivity index (χ3n) is 5.46. The zero-order chi connectivity index (χ0) is 25.0.